The molecule has 1 unspecified atom stereocenters. The highest BCUT2D eigenvalue weighted by molar-refractivity contribution is 7.89. The zero-order valence-electron chi connectivity index (χ0n) is 19.2. The molecule has 2 amide bonds. The summed E-state index contributed by atoms with van der Waals surface area (Å²) < 4.78 is 27.7. The van der Waals surface area contributed by atoms with Crippen LogP contribution in [0.1, 0.15) is 41.6 Å². The molecule has 0 aromatic heterocycles. The van der Waals surface area contributed by atoms with Gasteiger partial charge in [-0.1, -0.05) is 42.0 Å². The quantitative estimate of drug-likeness (QED) is 0.692. The van der Waals surface area contributed by atoms with Crippen LogP contribution in [0.15, 0.2) is 53.6 Å². The van der Waals surface area contributed by atoms with Gasteiger partial charge in [0.15, 0.2) is 0 Å². The Hall–Kier alpha value is -2.97. The SMILES string of the molecule is CC(=O)N1C=Cc2ccccc2C1CC(=O)N1CCN(S(=O)(=O)c2ccc(C)cc2C)CC1. The largest absolute Gasteiger partial charge is 0.340 e. The van der Waals surface area contributed by atoms with Crippen LogP contribution in [0.3, 0.4) is 0 Å². The van der Waals surface area contributed by atoms with E-state index in [4.69, 9.17) is 0 Å². The van der Waals surface area contributed by atoms with E-state index >= 15 is 0 Å². The van der Waals surface area contributed by atoms with Crippen molar-refractivity contribution in [2.75, 3.05) is 26.2 Å². The Kier molecular flexibility index (Phi) is 6.41. The summed E-state index contributed by atoms with van der Waals surface area (Å²) in [4.78, 5) is 29.0. The number of fused-ring (bicyclic) bond motifs is 1. The summed E-state index contributed by atoms with van der Waals surface area (Å²) in [6.07, 6.45) is 3.77. The van der Waals surface area contributed by atoms with E-state index in [0.29, 0.717) is 18.0 Å². The molecule has 2 aromatic rings. The number of nitrogens with zero attached hydrogens (tertiary/aromatic N) is 3. The molecule has 0 aliphatic carbocycles. The van der Waals surface area contributed by atoms with E-state index in [-0.39, 0.29) is 37.4 Å². The van der Waals surface area contributed by atoms with Crippen LogP contribution >= 0.6 is 0 Å². The van der Waals surface area contributed by atoms with Gasteiger partial charge in [0.05, 0.1) is 17.4 Å². The highest BCUT2D eigenvalue weighted by atomic mass is 32.2. The third-order valence-electron chi connectivity index (χ3n) is 6.38. The fraction of sp³-hybridized carbons (Fsp3) is 0.360. The normalized spacial score (nSPS) is 18.8. The molecule has 7 nitrogen and oxygen atoms in total. The molecule has 2 aliphatic heterocycles. The van der Waals surface area contributed by atoms with Crippen LogP contribution in [0.25, 0.3) is 6.08 Å². The van der Waals surface area contributed by atoms with Gasteiger partial charge in [0, 0.05) is 39.3 Å². The molecular weight excluding hydrogens is 438 g/mol. The summed E-state index contributed by atoms with van der Waals surface area (Å²) in [5, 5.41) is 0. The summed E-state index contributed by atoms with van der Waals surface area (Å²) in [7, 11) is -3.61. The van der Waals surface area contributed by atoms with Gasteiger partial charge in [0.1, 0.15) is 0 Å². The first kappa shape index (κ1) is 23.2. The van der Waals surface area contributed by atoms with Crippen molar-refractivity contribution < 1.29 is 18.0 Å². The van der Waals surface area contributed by atoms with Crippen LogP contribution in [0.2, 0.25) is 0 Å². The molecule has 1 saturated heterocycles. The van der Waals surface area contributed by atoms with Gasteiger partial charge < -0.3 is 9.80 Å². The van der Waals surface area contributed by atoms with E-state index in [2.05, 4.69) is 0 Å². The molecule has 0 saturated carbocycles. The van der Waals surface area contributed by atoms with E-state index in [1.165, 1.54) is 11.2 Å². The zero-order valence-corrected chi connectivity index (χ0v) is 20.0. The summed E-state index contributed by atoms with van der Waals surface area (Å²) in [5.41, 5.74) is 3.68. The van der Waals surface area contributed by atoms with Gasteiger partial charge in [-0.25, -0.2) is 8.42 Å². The highest BCUT2D eigenvalue weighted by Gasteiger charge is 2.34. The number of amides is 2. The number of hydrogen-bond acceptors (Lipinski definition) is 4. The molecule has 33 heavy (non-hydrogen) atoms. The first-order valence-electron chi connectivity index (χ1n) is 11.1. The molecule has 2 aliphatic rings. The summed E-state index contributed by atoms with van der Waals surface area (Å²) in [5.74, 6) is -0.206. The summed E-state index contributed by atoms with van der Waals surface area (Å²) >= 11 is 0. The highest BCUT2D eigenvalue weighted by Crippen LogP contribution is 2.33. The maximum Gasteiger partial charge on any atom is 0.243 e. The van der Waals surface area contributed by atoms with Crippen LogP contribution in [0.5, 0.6) is 0 Å². The Morgan fingerprint density at radius 3 is 2.36 bits per heavy atom. The third-order valence-corrected chi connectivity index (χ3v) is 8.44. The first-order chi connectivity index (χ1) is 15.7. The number of piperazine rings is 1. The standard InChI is InChI=1S/C25H29N3O4S/c1-18-8-9-24(19(2)16-18)33(31,32)27-14-12-26(13-15-27)25(30)17-23-22-7-5-4-6-21(22)10-11-28(23)20(3)29/h4-11,16,23H,12-15,17H2,1-3H3. The second-order valence-electron chi connectivity index (χ2n) is 8.64. The molecule has 0 N–H and O–H groups in total. The second-order valence-corrected chi connectivity index (χ2v) is 10.6. The number of rotatable bonds is 4. The lowest BCUT2D eigenvalue weighted by molar-refractivity contribution is -0.135. The van der Waals surface area contributed by atoms with Crippen molar-refractivity contribution in [3.05, 3.63) is 70.9 Å². The van der Waals surface area contributed by atoms with Gasteiger partial charge in [0.2, 0.25) is 21.8 Å². The van der Waals surface area contributed by atoms with Crippen molar-refractivity contribution in [1.82, 2.24) is 14.1 Å². The molecule has 0 radical (unpaired) electrons. The molecule has 1 atom stereocenters. The minimum absolute atomic E-state index is 0.0834. The van der Waals surface area contributed by atoms with Crippen LogP contribution in [0, 0.1) is 13.8 Å². The maximum atomic E-state index is 13.2. The number of benzene rings is 2. The van der Waals surface area contributed by atoms with Crippen LogP contribution < -0.4 is 0 Å². The first-order valence-corrected chi connectivity index (χ1v) is 12.5. The van der Waals surface area contributed by atoms with E-state index in [1.54, 1.807) is 35.1 Å². The van der Waals surface area contributed by atoms with E-state index in [9.17, 15) is 18.0 Å². The topological polar surface area (TPSA) is 78.0 Å². The minimum atomic E-state index is -3.61. The van der Waals surface area contributed by atoms with E-state index < -0.39 is 10.0 Å². The minimum Gasteiger partial charge on any atom is -0.340 e. The number of carbonyl (C=O) groups excluding carboxylic acids is 2. The van der Waals surface area contributed by atoms with Crippen molar-refractivity contribution >= 4 is 27.9 Å². The molecule has 0 bridgehead atoms. The molecule has 2 aromatic carbocycles. The lowest BCUT2D eigenvalue weighted by atomic mass is 9.93. The number of sulfonamides is 1. The Labute approximate surface area is 195 Å². The molecule has 1 fully saturated rings. The molecule has 2 heterocycles. The Morgan fingerprint density at radius 1 is 1.00 bits per heavy atom. The van der Waals surface area contributed by atoms with E-state index in [0.717, 1.165) is 22.3 Å². The number of hydrogen-bond donors (Lipinski definition) is 0. The Morgan fingerprint density at radius 2 is 1.70 bits per heavy atom. The third kappa shape index (κ3) is 4.58. The zero-order chi connectivity index (χ0) is 23.8. The van der Waals surface area contributed by atoms with Crippen LogP contribution in [0.4, 0.5) is 0 Å². The lowest BCUT2D eigenvalue weighted by Gasteiger charge is -2.37. The van der Waals surface area contributed by atoms with Crippen molar-refractivity contribution in [3.63, 3.8) is 0 Å². The predicted octanol–water partition coefficient (Wildman–Crippen LogP) is 3.10. The Balaban J connectivity index is 1.45. The smallest absolute Gasteiger partial charge is 0.243 e. The van der Waals surface area contributed by atoms with E-state index in [1.807, 2.05) is 43.3 Å². The number of aryl methyl sites for hydroxylation is 2. The summed E-state index contributed by atoms with van der Waals surface area (Å²) in [6, 6.07) is 12.7. The van der Waals surface area contributed by atoms with Crippen molar-refractivity contribution in [2.45, 2.75) is 38.1 Å². The predicted molar refractivity (Wildman–Crippen MR) is 127 cm³/mol. The fourth-order valence-electron chi connectivity index (χ4n) is 4.61. The van der Waals surface area contributed by atoms with Gasteiger partial charge in [-0.05, 0) is 42.7 Å². The molecule has 4 rings (SSSR count). The Bertz CT molecular complexity index is 1210. The molecule has 8 heteroatoms. The molecule has 174 valence electrons. The van der Waals surface area contributed by atoms with Crippen molar-refractivity contribution in [2.24, 2.45) is 0 Å². The van der Waals surface area contributed by atoms with Gasteiger partial charge in [-0.15, -0.1) is 0 Å². The second kappa shape index (κ2) is 9.11. The van der Waals surface area contributed by atoms with Gasteiger partial charge in [0.25, 0.3) is 0 Å². The average molecular weight is 468 g/mol. The molecule has 0 spiro atoms. The fourth-order valence-corrected chi connectivity index (χ4v) is 6.24. The van der Waals surface area contributed by atoms with Crippen LogP contribution in [-0.4, -0.2) is 60.5 Å². The lowest BCUT2D eigenvalue weighted by Crippen LogP contribution is -2.51. The van der Waals surface area contributed by atoms with Gasteiger partial charge in [-0.3, -0.25) is 9.59 Å². The molecular formula is C25H29N3O4S. The van der Waals surface area contributed by atoms with Crippen molar-refractivity contribution in [3.8, 4) is 0 Å². The van der Waals surface area contributed by atoms with Crippen molar-refractivity contribution in [1.29, 1.82) is 0 Å². The van der Waals surface area contributed by atoms with Gasteiger partial charge >= 0.3 is 0 Å². The monoisotopic (exact) mass is 467 g/mol. The number of carbonyl (C=O) groups is 2. The van der Waals surface area contributed by atoms with Crippen LogP contribution in [-0.2, 0) is 19.6 Å². The van der Waals surface area contributed by atoms with Gasteiger partial charge in [-0.2, -0.15) is 4.31 Å². The maximum absolute atomic E-state index is 13.2. The summed E-state index contributed by atoms with van der Waals surface area (Å²) in [6.45, 7) is 6.38. The average Bonchev–Trinajstić information content (AvgIpc) is 2.79.